The second-order valence-electron chi connectivity index (χ2n) is 2.62. The molecule has 0 saturated heterocycles. The first-order valence-corrected chi connectivity index (χ1v) is 3.80. The number of hydrogen-bond donors (Lipinski definition) is 1. The maximum Gasteiger partial charge on any atom is 0.573 e. The number of rotatable bonds is 2. The van der Waals surface area contributed by atoms with Crippen LogP contribution >= 0.6 is 0 Å². The maximum atomic E-state index is 11.8. The molecule has 0 atom stereocenters. The van der Waals surface area contributed by atoms with E-state index in [2.05, 4.69) is 4.74 Å². The molecule has 0 fully saturated rings. The summed E-state index contributed by atoms with van der Waals surface area (Å²) in [7, 11) is 0. The van der Waals surface area contributed by atoms with Crippen molar-refractivity contribution >= 4 is 5.91 Å². The molecular weight excluding hydrogens is 231 g/mol. The van der Waals surface area contributed by atoms with Crippen LogP contribution in [0.25, 0.3) is 0 Å². The number of aromatic hydroxyl groups is 1. The number of nitroso groups, excluding NO2 is 1. The van der Waals surface area contributed by atoms with Crippen LogP contribution in [0.4, 0.5) is 13.2 Å². The number of nitrogens with zero attached hydrogens (tertiary/aromatic N) is 1. The Morgan fingerprint density at radius 3 is 2.50 bits per heavy atom. The minimum atomic E-state index is -4.92. The molecule has 1 aromatic rings. The summed E-state index contributed by atoms with van der Waals surface area (Å²) in [6.07, 6.45) is -4.92. The lowest BCUT2D eigenvalue weighted by molar-refractivity contribution is -0.274. The van der Waals surface area contributed by atoms with E-state index in [0.717, 1.165) is 12.1 Å². The molecule has 5 nitrogen and oxygen atoms in total. The highest BCUT2D eigenvalue weighted by Crippen LogP contribution is 2.28. The summed E-state index contributed by atoms with van der Waals surface area (Å²) >= 11 is 0. The molecule has 0 aliphatic carbocycles. The Hall–Kier alpha value is -2.12. The van der Waals surface area contributed by atoms with E-state index in [-0.39, 0.29) is 0 Å². The Balaban J connectivity index is 3.07. The fourth-order valence-corrected chi connectivity index (χ4v) is 0.933. The quantitative estimate of drug-likeness (QED) is 0.797. The molecule has 8 heteroatoms. The van der Waals surface area contributed by atoms with Gasteiger partial charge in [0.05, 0.1) is 5.56 Å². The van der Waals surface area contributed by atoms with Gasteiger partial charge >= 0.3 is 12.3 Å². The van der Waals surface area contributed by atoms with Crippen molar-refractivity contribution in [1.29, 1.82) is 0 Å². The third-order valence-corrected chi connectivity index (χ3v) is 1.51. The number of alkyl halides is 3. The smallest absolute Gasteiger partial charge is 0.507 e. The number of phenolic OH excluding ortho intramolecular Hbond substituents is 1. The van der Waals surface area contributed by atoms with Crippen molar-refractivity contribution in [1.82, 2.24) is 0 Å². The fourth-order valence-electron chi connectivity index (χ4n) is 0.933. The van der Waals surface area contributed by atoms with E-state index in [4.69, 9.17) is 5.11 Å². The number of benzene rings is 1. The van der Waals surface area contributed by atoms with E-state index < -0.39 is 29.3 Å². The second-order valence-corrected chi connectivity index (χ2v) is 2.62. The van der Waals surface area contributed by atoms with Gasteiger partial charge in [-0.15, -0.1) is 18.1 Å². The molecule has 1 aromatic carbocycles. The van der Waals surface area contributed by atoms with E-state index in [1.807, 2.05) is 5.18 Å². The summed E-state index contributed by atoms with van der Waals surface area (Å²) in [4.78, 5) is 20.7. The average Bonchev–Trinajstić information content (AvgIpc) is 2.18. The van der Waals surface area contributed by atoms with Gasteiger partial charge in [0.1, 0.15) is 11.5 Å². The highest BCUT2D eigenvalue weighted by Gasteiger charge is 2.31. The van der Waals surface area contributed by atoms with Crippen LogP contribution in [0.2, 0.25) is 0 Å². The number of carbonyl (C=O) groups is 1. The molecule has 86 valence electrons. The van der Waals surface area contributed by atoms with Gasteiger partial charge in [0.15, 0.2) is 0 Å². The highest BCUT2D eigenvalue weighted by atomic mass is 19.4. The van der Waals surface area contributed by atoms with Crippen molar-refractivity contribution in [3.63, 3.8) is 0 Å². The Morgan fingerprint density at radius 1 is 1.38 bits per heavy atom. The van der Waals surface area contributed by atoms with Crippen LogP contribution in [-0.4, -0.2) is 17.4 Å². The molecular formula is C8H4F3NO4. The number of ether oxygens (including phenoxy) is 1. The minimum Gasteiger partial charge on any atom is -0.507 e. The Bertz CT molecular complexity index is 430. The predicted octanol–water partition coefficient (Wildman–Crippen LogP) is 2.20. The molecule has 16 heavy (non-hydrogen) atoms. The van der Waals surface area contributed by atoms with Crippen molar-refractivity contribution < 1.29 is 27.8 Å². The largest absolute Gasteiger partial charge is 0.573 e. The van der Waals surface area contributed by atoms with Gasteiger partial charge in [-0.2, -0.15) is 0 Å². The molecule has 0 saturated carbocycles. The van der Waals surface area contributed by atoms with E-state index >= 15 is 0 Å². The van der Waals surface area contributed by atoms with Gasteiger partial charge in [-0.25, -0.2) is 0 Å². The van der Waals surface area contributed by atoms with Crippen LogP contribution in [0, 0.1) is 4.91 Å². The van der Waals surface area contributed by atoms with Crippen molar-refractivity contribution in [2.75, 3.05) is 0 Å². The average molecular weight is 235 g/mol. The van der Waals surface area contributed by atoms with Crippen LogP contribution in [0.1, 0.15) is 10.4 Å². The first-order chi connectivity index (χ1) is 7.33. The molecule has 0 spiro atoms. The van der Waals surface area contributed by atoms with Gasteiger partial charge in [-0.05, 0) is 18.2 Å². The SMILES string of the molecule is O=NC(=O)c1cc(OC(F)(F)F)ccc1O. The number of amides is 1. The molecule has 0 aliphatic rings. The van der Waals surface area contributed by atoms with Gasteiger partial charge in [-0.1, -0.05) is 0 Å². The molecule has 0 heterocycles. The van der Waals surface area contributed by atoms with Gasteiger partial charge in [-0.3, -0.25) is 4.79 Å². The summed E-state index contributed by atoms with van der Waals surface area (Å²) in [5.41, 5.74) is -0.656. The Morgan fingerprint density at radius 2 is 2.00 bits per heavy atom. The van der Waals surface area contributed by atoms with Crippen LogP contribution in [-0.2, 0) is 0 Å². The maximum absolute atomic E-state index is 11.8. The summed E-state index contributed by atoms with van der Waals surface area (Å²) in [6, 6.07) is 2.16. The lowest BCUT2D eigenvalue weighted by Gasteiger charge is -2.09. The van der Waals surface area contributed by atoms with E-state index in [9.17, 15) is 22.9 Å². The predicted molar refractivity (Wildman–Crippen MR) is 44.9 cm³/mol. The number of carbonyl (C=O) groups excluding carboxylic acids is 1. The van der Waals surface area contributed by atoms with Gasteiger partial charge in [0.25, 0.3) is 0 Å². The van der Waals surface area contributed by atoms with E-state index in [1.54, 1.807) is 0 Å². The van der Waals surface area contributed by atoms with Gasteiger partial charge < -0.3 is 9.84 Å². The van der Waals surface area contributed by atoms with E-state index in [0.29, 0.717) is 6.07 Å². The Kier molecular flexibility index (Phi) is 3.11. The zero-order chi connectivity index (χ0) is 12.3. The molecule has 0 bridgehead atoms. The number of phenols is 1. The normalized spacial score (nSPS) is 10.9. The van der Waals surface area contributed by atoms with Gasteiger partial charge in [0, 0.05) is 5.18 Å². The standard InChI is InChI=1S/C8H4F3NO4/c9-8(10,11)16-4-1-2-6(13)5(3-4)7(14)12-15/h1-3,13H. The molecule has 0 aliphatic heterocycles. The lowest BCUT2D eigenvalue weighted by Crippen LogP contribution is -2.17. The first-order valence-electron chi connectivity index (χ1n) is 3.80. The minimum absolute atomic E-state index is 0.576. The summed E-state index contributed by atoms with van der Waals surface area (Å²) in [5, 5.41) is 11.0. The van der Waals surface area contributed by atoms with Crippen molar-refractivity contribution in [2.45, 2.75) is 6.36 Å². The monoisotopic (exact) mass is 235 g/mol. The van der Waals surface area contributed by atoms with Crippen LogP contribution in [0.15, 0.2) is 23.4 Å². The molecule has 1 N–H and O–H groups in total. The summed E-state index contributed by atoms with van der Waals surface area (Å²) in [6.45, 7) is 0. The molecule has 0 unspecified atom stereocenters. The van der Waals surface area contributed by atoms with Crippen LogP contribution < -0.4 is 4.74 Å². The summed E-state index contributed by atoms with van der Waals surface area (Å²) < 4.78 is 38.9. The highest BCUT2D eigenvalue weighted by molar-refractivity contribution is 5.97. The fraction of sp³-hybridized carbons (Fsp3) is 0.125. The van der Waals surface area contributed by atoms with Gasteiger partial charge in [0.2, 0.25) is 0 Å². The molecule has 1 amide bonds. The number of halogens is 3. The zero-order valence-electron chi connectivity index (χ0n) is 7.49. The molecule has 1 rings (SSSR count). The zero-order valence-corrected chi connectivity index (χ0v) is 7.49. The second kappa shape index (κ2) is 4.17. The van der Waals surface area contributed by atoms with Crippen LogP contribution in [0.5, 0.6) is 11.5 Å². The van der Waals surface area contributed by atoms with Crippen LogP contribution in [0.3, 0.4) is 0 Å². The topological polar surface area (TPSA) is 76.0 Å². The Labute approximate surface area is 86.4 Å². The number of hydrogen-bond acceptors (Lipinski definition) is 4. The van der Waals surface area contributed by atoms with Crippen molar-refractivity contribution in [3.8, 4) is 11.5 Å². The van der Waals surface area contributed by atoms with Crippen molar-refractivity contribution in [3.05, 3.63) is 28.7 Å². The van der Waals surface area contributed by atoms with E-state index in [1.165, 1.54) is 0 Å². The molecule has 0 aromatic heterocycles. The van der Waals surface area contributed by atoms with Crippen molar-refractivity contribution in [2.24, 2.45) is 5.18 Å². The summed E-state index contributed by atoms with van der Waals surface area (Å²) in [5.74, 6) is -2.76. The lowest BCUT2D eigenvalue weighted by atomic mass is 10.2. The third-order valence-electron chi connectivity index (χ3n) is 1.51. The first kappa shape index (κ1) is 12.0. The third kappa shape index (κ3) is 2.94. The molecule has 0 radical (unpaired) electrons.